The molecule has 0 saturated carbocycles. The summed E-state index contributed by atoms with van der Waals surface area (Å²) < 4.78 is 0. The molecular weight excluding hydrogens is 164 g/mol. The molecule has 0 fully saturated rings. The Labute approximate surface area is 75.4 Å². The maximum Gasteiger partial charge on any atom is 0.267 e. The first-order chi connectivity index (χ1) is 6.45. The number of aromatic nitrogens is 3. The number of H-pyrrole nitrogens is 1. The van der Waals surface area contributed by atoms with E-state index in [4.69, 9.17) is 0 Å². The van der Waals surface area contributed by atoms with Crippen molar-refractivity contribution in [3.8, 4) is 0 Å². The Morgan fingerprint density at radius 2 is 2.08 bits per heavy atom. The maximum absolute atomic E-state index is 4.06. The Morgan fingerprint density at radius 3 is 2.77 bits per heavy atom. The van der Waals surface area contributed by atoms with Crippen LogP contribution in [0.2, 0.25) is 0 Å². The minimum Gasteiger partial charge on any atom is -0.264 e. The molecule has 13 heavy (non-hydrogen) atoms. The third kappa shape index (κ3) is 1.99. The fourth-order valence-electron chi connectivity index (χ4n) is 0.936. The Hall–Kier alpha value is -1.97. The van der Waals surface area contributed by atoms with Gasteiger partial charge in [-0.1, -0.05) is 30.3 Å². The predicted octanol–water partition coefficient (Wildman–Crippen LogP) is 1.56. The van der Waals surface area contributed by atoms with Crippen LogP contribution in [0.4, 0.5) is 5.95 Å². The van der Waals surface area contributed by atoms with E-state index < -0.39 is 0 Å². The van der Waals surface area contributed by atoms with Crippen molar-refractivity contribution < 1.29 is 0 Å². The normalized spacial score (nSPS) is 10.8. The second kappa shape index (κ2) is 3.62. The number of benzene rings is 1. The molecule has 0 aliphatic carbocycles. The van der Waals surface area contributed by atoms with E-state index in [1.165, 1.54) is 6.33 Å². The van der Waals surface area contributed by atoms with Crippen LogP contribution in [0, 0.1) is 0 Å². The lowest BCUT2D eigenvalue weighted by Gasteiger charge is -1.87. The van der Waals surface area contributed by atoms with Gasteiger partial charge < -0.3 is 0 Å². The largest absolute Gasteiger partial charge is 0.267 e. The van der Waals surface area contributed by atoms with Crippen molar-refractivity contribution in [1.82, 2.24) is 15.2 Å². The molecule has 0 saturated heterocycles. The molecule has 0 bridgehead atoms. The first-order valence-electron chi connectivity index (χ1n) is 3.90. The lowest BCUT2D eigenvalue weighted by Crippen LogP contribution is -1.78. The van der Waals surface area contributed by atoms with E-state index in [2.05, 4.69) is 20.2 Å². The summed E-state index contributed by atoms with van der Waals surface area (Å²) >= 11 is 0. The van der Waals surface area contributed by atoms with E-state index in [9.17, 15) is 0 Å². The summed E-state index contributed by atoms with van der Waals surface area (Å²) in [6.07, 6.45) is 3.22. The van der Waals surface area contributed by atoms with Crippen LogP contribution in [0.25, 0.3) is 0 Å². The molecule has 1 N–H and O–H groups in total. The van der Waals surface area contributed by atoms with Crippen LogP contribution in [0.15, 0.2) is 41.7 Å². The maximum atomic E-state index is 4.06. The van der Waals surface area contributed by atoms with Crippen LogP contribution in [-0.2, 0) is 0 Å². The number of hydrogen-bond donors (Lipinski definition) is 1. The molecule has 4 nitrogen and oxygen atoms in total. The van der Waals surface area contributed by atoms with E-state index >= 15 is 0 Å². The van der Waals surface area contributed by atoms with E-state index in [-0.39, 0.29) is 0 Å². The van der Waals surface area contributed by atoms with Gasteiger partial charge in [-0.25, -0.2) is 4.99 Å². The van der Waals surface area contributed by atoms with Gasteiger partial charge in [-0.3, -0.25) is 5.10 Å². The molecule has 2 rings (SSSR count). The first kappa shape index (κ1) is 7.67. The average Bonchev–Trinajstić information content (AvgIpc) is 2.69. The zero-order valence-corrected chi connectivity index (χ0v) is 6.88. The molecule has 1 aromatic heterocycles. The zero-order chi connectivity index (χ0) is 8.93. The number of nitrogens with zero attached hydrogens (tertiary/aromatic N) is 3. The van der Waals surface area contributed by atoms with Gasteiger partial charge in [0.1, 0.15) is 6.33 Å². The lowest BCUT2D eigenvalue weighted by atomic mass is 10.2. The van der Waals surface area contributed by atoms with E-state index in [1.807, 2.05) is 30.3 Å². The van der Waals surface area contributed by atoms with Gasteiger partial charge in [-0.2, -0.15) is 4.98 Å². The molecule has 2 aromatic rings. The molecule has 1 heterocycles. The Morgan fingerprint density at radius 1 is 1.23 bits per heavy atom. The summed E-state index contributed by atoms with van der Waals surface area (Å²) in [5, 5.41) is 6.39. The minimum atomic E-state index is 0.448. The van der Waals surface area contributed by atoms with Gasteiger partial charge in [0.05, 0.1) is 0 Å². The lowest BCUT2D eigenvalue weighted by molar-refractivity contribution is 1.08. The van der Waals surface area contributed by atoms with E-state index in [1.54, 1.807) is 6.21 Å². The fraction of sp³-hybridized carbons (Fsp3) is 0. The van der Waals surface area contributed by atoms with E-state index in [0.717, 1.165) is 5.56 Å². The van der Waals surface area contributed by atoms with Crippen molar-refractivity contribution in [1.29, 1.82) is 0 Å². The van der Waals surface area contributed by atoms with Crippen molar-refractivity contribution in [2.75, 3.05) is 0 Å². The molecule has 0 spiro atoms. The monoisotopic (exact) mass is 172 g/mol. The first-order valence-corrected chi connectivity index (χ1v) is 3.90. The second-order valence-electron chi connectivity index (χ2n) is 2.47. The van der Waals surface area contributed by atoms with Crippen LogP contribution < -0.4 is 0 Å². The van der Waals surface area contributed by atoms with Gasteiger partial charge in [-0.15, -0.1) is 5.10 Å². The number of hydrogen-bond acceptors (Lipinski definition) is 3. The topological polar surface area (TPSA) is 53.9 Å². The minimum absolute atomic E-state index is 0.448. The summed E-state index contributed by atoms with van der Waals surface area (Å²) in [5.41, 5.74) is 1.03. The number of aromatic amines is 1. The van der Waals surface area contributed by atoms with Crippen molar-refractivity contribution in [2.45, 2.75) is 0 Å². The Balaban J connectivity index is 2.15. The SMILES string of the molecule is C(=Nc1nc[nH]n1)c1ccccc1. The fourth-order valence-corrected chi connectivity index (χ4v) is 0.936. The average molecular weight is 172 g/mol. The Bertz CT molecular complexity index is 377. The molecule has 0 unspecified atom stereocenters. The highest BCUT2D eigenvalue weighted by Gasteiger charge is 1.89. The third-order valence-electron chi connectivity index (χ3n) is 1.53. The molecule has 0 atom stereocenters. The molecule has 64 valence electrons. The molecule has 0 aliphatic heterocycles. The highest BCUT2D eigenvalue weighted by atomic mass is 15.2. The van der Waals surface area contributed by atoms with Crippen molar-refractivity contribution in [2.24, 2.45) is 4.99 Å². The molecule has 1 aromatic carbocycles. The van der Waals surface area contributed by atoms with Crippen LogP contribution in [0.1, 0.15) is 5.56 Å². The third-order valence-corrected chi connectivity index (χ3v) is 1.53. The van der Waals surface area contributed by atoms with Gasteiger partial charge in [0.2, 0.25) is 0 Å². The van der Waals surface area contributed by atoms with Gasteiger partial charge >= 0.3 is 0 Å². The summed E-state index contributed by atoms with van der Waals surface area (Å²) in [5.74, 6) is 0.448. The van der Waals surface area contributed by atoms with Crippen molar-refractivity contribution >= 4 is 12.2 Å². The summed E-state index contributed by atoms with van der Waals surface area (Å²) in [4.78, 5) is 7.92. The predicted molar refractivity (Wildman–Crippen MR) is 50.1 cm³/mol. The van der Waals surface area contributed by atoms with Gasteiger partial charge in [0.15, 0.2) is 0 Å². The van der Waals surface area contributed by atoms with Crippen LogP contribution in [0.5, 0.6) is 0 Å². The van der Waals surface area contributed by atoms with E-state index in [0.29, 0.717) is 5.95 Å². The van der Waals surface area contributed by atoms with Crippen LogP contribution in [0.3, 0.4) is 0 Å². The molecule has 4 heteroatoms. The number of rotatable bonds is 2. The summed E-state index contributed by atoms with van der Waals surface area (Å²) in [6, 6.07) is 9.81. The number of nitrogens with one attached hydrogen (secondary N) is 1. The van der Waals surface area contributed by atoms with Gasteiger partial charge in [0.25, 0.3) is 5.95 Å². The van der Waals surface area contributed by atoms with Gasteiger partial charge in [0, 0.05) is 6.21 Å². The zero-order valence-electron chi connectivity index (χ0n) is 6.88. The van der Waals surface area contributed by atoms with Crippen molar-refractivity contribution in [3.63, 3.8) is 0 Å². The van der Waals surface area contributed by atoms with Gasteiger partial charge in [-0.05, 0) is 5.56 Å². The molecular formula is C9H8N4. The standard InChI is InChI=1S/C9H8N4/c1-2-4-8(5-3-1)6-10-9-11-7-12-13-9/h1-7H,(H,11,12,13). The quantitative estimate of drug-likeness (QED) is 0.699. The molecule has 0 aliphatic rings. The van der Waals surface area contributed by atoms with Crippen molar-refractivity contribution in [3.05, 3.63) is 42.2 Å². The summed E-state index contributed by atoms with van der Waals surface area (Å²) in [6.45, 7) is 0. The highest BCUT2D eigenvalue weighted by Crippen LogP contribution is 2.00. The highest BCUT2D eigenvalue weighted by molar-refractivity contribution is 5.80. The summed E-state index contributed by atoms with van der Waals surface area (Å²) in [7, 11) is 0. The smallest absolute Gasteiger partial charge is 0.264 e. The molecule has 0 radical (unpaired) electrons. The molecule has 0 amide bonds. The second-order valence-corrected chi connectivity index (χ2v) is 2.47. The Kier molecular flexibility index (Phi) is 2.14. The van der Waals surface area contributed by atoms with Crippen LogP contribution in [-0.4, -0.2) is 21.4 Å². The van der Waals surface area contributed by atoms with Crippen LogP contribution >= 0.6 is 0 Å². The number of aliphatic imine (C=N–C) groups is 1.